The fraction of sp³-hybridized carbons (Fsp3) is 0.300. The first-order valence-corrected chi connectivity index (χ1v) is 9.39. The van der Waals surface area contributed by atoms with Crippen LogP contribution < -0.4 is 9.80 Å². The second-order valence-electron chi connectivity index (χ2n) is 6.60. The van der Waals surface area contributed by atoms with Gasteiger partial charge in [0, 0.05) is 18.5 Å². The molecule has 0 saturated carbocycles. The summed E-state index contributed by atoms with van der Waals surface area (Å²) in [5.41, 5.74) is 2.81. The first-order valence-electron chi connectivity index (χ1n) is 8.58. The van der Waals surface area contributed by atoms with Gasteiger partial charge in [0.15, 0.2) is 5.13 Å². The molecule has 0 fully saturated rings. The van der Waals surface area contributed by atoms with Crippen LogP contribution in [0.2, 0.25) is 0 Å². The number of nitrogens with zero attached hydrogens (tertiary/aromatic N) is 2. The largest absolute Gasteiger partial charge is 0.340 e. The predicted molar refractivity (Wildman–Crippen MR) is 105 cm³/mol. The van der Waals surface area contributed by atoms with Gasteiger partial charge in [0.25, 0.3) is 5.91 Å². The number of rotatable bonds is 6. The number of quaternary nitrogens is 1. The Balaban J connectivity index is 1.90. The van der Waals surface area contributed by atoms with Crippen molar-refractivity contribution in [2.45, 2.75) is 13.3 Å². The van der Waals surface area contributed by atoms with Gasteiger partial charge in [-0.25, -0.2) is 4.98 Å². The van der Waals surface area contributed by atoms with Gasteiger partial charge >= 0.3 is 0 Å². The average Bonchev–Trinajstić information content (AvgIpc) is 3.02. The van der Waals surface area contributed by atoms with Gasteiger partial charge < -0.3 is 4.90 Å². The van der Waals surface area contributed by atoms with Gasteiger partial charge in [0.05, 0.1) is 30.9 Å². The first-order chi connectivity index (χ1) is 12.0. The molecule has 0 aliphatic heterocycles. The Bertz CT molecular complexity index is 822. The number of nitrogens with one attached hydrogen (secondary N) is 1. The smallest absolute Gasteiger partial charge is 0.260 e. The van der Waals surface area contributed by atoms with Crippen LogP contribution in [0.25, 0.3) is 10.2 Å². The van der Waals surface area contributed by atoms with Gasteiger partial charge in [-0.3, -0.25) is 9.69 Å². The summed E-state index contributed by atoms with van der Waals surface area (Å²) in [4.78, 5) is 21.0. The molecule has 1 heterocycles. The van der Waals surface area contributed by atoms with E-state index in [1.165, 1.54) is 4.90 Å². The molecule has 130 valence electrons. The molecule has 1 aromatic heterocycles. The van der Waals surface area contributed by atoms with Crippen molar-refractivity contribution in [1.29, 1.82) is 0 Å². The van der Waals surface area contributed by atoms with Crippen LogP contribution in [0.1, 0.15) is 22.3 Å². The zero-order chi connectivity index (χ0) is 17.8. The van der Waals surface area contributed by atoms with Gasteiger partial charge in [0.1, 0.15) is 0 Å². The fourth-order valence-corrected chi connectivity index (χ4v) is 3.69. The predicted octanol–water partition coefficient (Wildman–Crippen LogP) is 2.79. The summed E-state index contributed by atoms with van der Waals surface area (Å²) in [7, 11) is 4.26. The fourth-order valence-electron chi connectivity index (χ4n) is 2.70. The van der Waals surface area contributed by atoms with E-state index in [9.17, 15) is 4.79 Å². The number of benzene rings is 2. The average molecular weight is 354 g/mol. The molecule has 1 amide bonds. The summed E-state index contributed by atoms with van der Waals surface area (Å²) in [5.74, 6) is 0.0211. The number of aromatic nitrogens is 1. The molecule has 0 saturated heterocycles. The van der Waals surface area contributed by atoms with E-state index in [0.717, 1.165) is 33.9 Å². The molecule has 0 atom stereocenters. The minimum Gasteiger partial charge on any atom is -0.340 e. The van der Waals surface area contributed by atoms with Gasteiger partial charge in [-0.2, -0.15) is 0 Å². The summed E-state index contributed by atoms with van der Waals surface area (Å²) < 4.78 is 1.11. The minimum absolute atomic E-state index is 0.0211. The lowest BCUT2D eigenvalue weighted by molar-refractivity contribution is -0.858. The van der Waals surface area contributed by atoms with E-state index in [2.05, 4.69) is 20.2 Å². The molecule has 3 aromatic rings. The highest BCUT2D eigenvalue weighted by atomic mass is 32.1. The van der Waals surface area contributed by atoms with Crippen molar-refractivity contribution in [1.82, 2.24) is 4.98 Å². The van der Waals surface area contributed by atoms with Crippen molar-refractivity contribution in [3.05, 3.63) is 59.7 Å². The Labute approximate surface area is 152 Å². The van der Waals surface area contributed by atoms with Crippen molar-refractivity contribution in [2.75, 3.05) is 32.1 Å². The summed E-state index contributed by atoms with van der Waals surface area (Å²) in [6.45, 7) is 3.72. The molecule has 0 spiro atoms. The van der Waals surface area contributed by atoms with Crippen LogP contribution in [-0.4, -0.2) is 38.1 Å². The molecule has 0 aliphatic rings. The summed E-state index contributed by atoms with van der Waals surface area (Å²) in [6.07, 6.45) is 0.940. The Morgan fingerprint density at radius 2 is 1.84 bits per heavy atom. The molecule has 25 heavy (non-hydrogen) atoms. The van der Waals surface area contributed by atoms with Crippen molar-refractivity contribution >= 4 is 32.6 Å². The highest BCUT2D eigenvalue weighted by Crippen LogP contribution is 2.29. The zero-order valence-electron chi connectivity index (χ0n) is 15.0. The molecule has 0 bridgehead atoms. The molecule has 4 nitrogen and oxygen atoms in total. The summed E-state index contributed by atoms with van der Waals surface area (Å²) >= 11 is 1.58. The maximum Gasteiger partial charge on any atom is 0.260 e. The number of carbonyl (C=O) groups is 1. The molecule has 3 rings (SSSR count). The standard InChI is InChI=1S/C20H23N3OS/c1-15-9-11-16(12-10-15)19(24)23(14-6-13-22(2)3)20-21-17-7-4-5-8-18(17)25-20/h4-5,7-12H,6,13-14H2,1-3H3/p+1. The van der Waals surface area contributed by atoms with E-state index >= 15 is 0 Å². The number of carbonyl (C=O) groups excluding carboxylic acids is 1. The number of para-hydroxylation sites is 1. The quantitative estimate of drug-likeness (QED) is 0.739. The zero-order valence-corrected chi connectivity index (χ0v) is 15.8. The number of hydrogen-bond acceptors (Lipinski definition) is 3. The Morgan fingerprint density at radius 1 is 1.12 bits per heavy atom. The Hall–Kier alpha value is -2.24. The number of thiazole rings is 1. The molecule has 0 aliphatic carbocycles. The Kier molecular flexibility index (Phi) is 5.46. The van der Waals surface area contributed by atoms with E-state index in [0.29, 0.717) is 12.1 Å². The van der Waals surface area contributed by atoms with Crippen molar-refractivity contribution in [2.24, 2.45) is 0 Å². The molecule has 0 radical (unpaired) electrons. The lowest BCUT2D eigenvalue weighted by Crippen LogP contribution is -3.05. The molecular formula is C20H24N3OS+. The number of hydrogen-bond donors (Lipinski definition) is 1. The molecule has 2 aromatic carbocycles. The van der Waals surface area contributed by atoms with Crippen molar-refractivity contribution < 1.29 is 9.69 Å². The first kappa shape index (κ1) is 17.6. The van der Waals surface area contributed by atoms with E-state index < -0.39 is 0 Å². The normalized spacial score (nSPS) is 11.2. The van der Waals surface area contributed by atoms with Crippen LogP contribution in [0.3, 0.4) is 0 Å². The highest BCUT2D eigenvalue weighted by molar-refractivity contribution is 7.22. The van der Waals surface area contributed by atoms with Crippen LogP contribution in [0.15, 0.2) is 48.5 Å². The molecular weight excluding hydrogens is 330 g/mol. The SMILES string of the molecule is Cc1ccc(C(=O)N(CCC[NH+](C)C)c2nc3ccccc3s2)cc1. The maximum atomic E-state index is 13.1. The number of anilines is 1. The molecule has 1 N–H and O–H groups in total. The third kappa shape index (κ3) is 4.24. The summed E-state index contributed by atoms with van der Waals surface area (Å²) in [5, 5.41) is 0.778. The summed E-state index contributed by atoms with van der Waals surface area (Å²) in [6, 6.07) is 15.8. The number of fused-ring (bicyclic) bond motifs is 1. The Morgan fingerprint density at radius 3 is 2.52 bits per heavy atom. The second-order valence-corrected chi connectivity index (χ2v) is 7.61. The van der Waals surface area contributed by atoms with Gasteiger partial charge in [-0.1, -0.05) is 41.2 Å². The number of aryl methyl sites for hydroxylation is 1. The van der Waals surface area contributed by atoms with Crippen LogP contribution in [-0.2, 0) is 0 Å². The third-order valence-electron chi connectivity index (χ3n) is 4.12. The topological polar surface area (TPSA) is 37.6 Å². The lowest BCUT2D eigenvalue weighted by atomic mass is 10.1. The van der Waals surface area contributed by atoms with Crippen LogP contribution in [0.5, 0.6) is 0 Å². The second kappa shape index (κ2) is 7.76. The minimum atomic E-state index is 0.0211. The van der Waals surface area contributed by atoms with E-state index in [1.54, 1.807) is 11.3 Å². The van der Waals surface area contributed by atoms with Gasteiger partial charge in [-0.15, -0.1) is 0 Å². The van der Waals surface area contributed by atoms with Crippen molar-refractivity contribution in [3.63, 3.8) is 0 Å². The van der Waals surface area contributed by atoms with Crippen LogP contribution in [0, 0.1) is 6.92 Å². The number of amides is 1. The lowest BCUT2D eigenvalue weighted by Gasteiger charge is -2.20. The van der Waals surface area contributed by atoms with Gasteiger partial charge in [-0.05, 0) is 31.2 Å². The highest BCUT2D eigenvalue weighted by Gasteiger charge is 2.21. The maximum absolute atomic E-state index is 13.1. The molecule has 0 unspecified atom stereocenters. The third-order valence-corrected chi connectivity index (χ3v) is 5.18. The van der Waals surface area contributed by atoms with Crippen LogP contribution >= 0.6 is 11.3 Å². The van der Waals surface area contributed by atoms with Gasteiger partial charge in [0.2, 0.25) is 0 Å². The molecule has 5 heteroatoms. The van der Waals surface area contributed by atoms with E-state index in [4.69, 9.17) is 4.98 Å². The van der Waals surface area contributed by atoms with E-state index in [-0.39, 0.29) is 5.91 Å². The van der Waals surface area contributed by atoms with E-state index in [1.807, 2.05) is 54.3 Å². The van der Waals surface area contributed by atoms with Crippen molar-refractivity contribution in [3.8, 4) is 0 Å². The van der Waals surface area contributed by atoms with Crippen LogP contribution in [0.4, 0.5) is 5.13 Å². The monoisotopic (exact) mass is 354 g/mol.